The summed E-state index contributed by atoms with van der Waals surface area (Å²) in [4.78, 5) is 18.3. The fraction of sp³-hybridized carbons (Fsp3) is 0.474. The summed E-state index contributed by atoms with van der Waals surface area (Å²) in [5.41, 5.74) is 2.09. The number of anilines is 1. The van der Waals surface area contributed by atoms with Crippen LogP contribution >= 0.6 is 0 Å². The van der Waals surface area contributed by atoms with Gasteiger partial charge in [0.05, 0.1) is 13.0 Å². The number of nitrogens with one attached hydrogen (secondary N) is 1. The highest BCUT2D eigenvalue weighted by Crippen LogP contribution is 2.27. The number of methoxy groups -OCH3 is 1. The lowest BCUT2D eigenvalue weighted by Crippen LogP contribution is -2.42. The van der Waals surface area contributed by atoms with Crippen LogP contribution in [0, 0.1) is 12.7 Å². The molecule has 1 aromatic carbocycles. The first-order valence-corrected chi connectivity index (χ1v) is 8.67. The topological polar surface area (TPSA) is 54.5 Å². The molecular formula is C19H24FN3O2. The molecule has 1 aliphatic rings. The maximum Gasteiger partial charge on any atom is 0.224 e. The Morgan fingerprint density at radius 1 is 1.40 bits per heavy atom. The van der Waals surface area contributed by atoms with Crippen LogP contribution in [-0.4, -0.2) is 48.6 Å². The van der Waals surface area contributed by atoms with E-state index in [0.29, 0.717) is 18.5 Å². The van der Waals surface area contributed by atoms with E-state index in [4.69, 9.17) is 4.74 Å². The molecule has 0 radical (unpaired) electrons. The van der Waals surface area contributed by atoms with E-state index in [2.05, 4.69) is 10.3 Å². The molecule has 0 atom stereocenters. The van der Waals surface area contributed by atoms with Crippen molar-refractivity contribution in [2.45, 2.75) is 32.2 Å². The lowest BCUT2D eigenvalue weighted by molar-refractivity contribution is -0.133. The lowest BCUT2D eigenvalue weighted by Gasteiger charge is -2.33. The molecule has 0 spiro atoms. The molecule has 2 aromatic rings. The van der Waals surface area contributed by atoms with Gasteiger partial charge in [0.2, 0.25) is 5.91 Å². The highest BCUT2D eigenvalue weighted by Gasteiger charge is 2.23. The van der Waals surface area contributed by atoms with Crippen LogP contribution in [0.1, 0.15) is 25.0 Å². The molecule has 134 valence electrons. The van der Waals surface area contributed by atoms with E-state index >= 15 is 0 Å². The Morgan fingerprint density at radius 2 is 2.16 bits per heavy atom. The van der Waals surface area contributed by atoms with Crippen molar-refractivity contribution in [1.29, 1.82) is 0 Å². The predicted molar refractivity (Wildman–Crippen MR) is 96.2 cm³/mol. The van der Waals surface area contributed by atoms with Gasteiger partial charge in [-0.1, -0.05) is 12.1 Å². The smallest absolute Gasteiger partial charge is 0.224 e. The van der Waals surface area contributed by atoms with Crippen molar-refractivity contribution in [2.75, 3.05) is 32.1 Å². The molecule has 3 rings (SSSR count). The number of rotatable bonds is 5. The van der Waals surface area contributed by atoms with Gasteiger partial charge in [-0.15, -0.1) is 0 Å². The third-order valence-corrected chi connectivity index (χ3v) is 4.65. The average Bonchev–Trinajstić information content (AvgIpc) is 2.61. The molecule has 2 heterocycles. The number of para-hydroxylation sites is 1. The van der Waals surface area contributed by atoms with E-state index in [-0.39, 0.29) is 17.8 Å². The minimum atomic E-state index is -0.303. The lowest BCUT2D eigenvalue weighted by atomic mass is 10.0. The molecule has 1 amide bonds. The van der Waals surface area contributed by atoms with E-state index in [1.165, 1.54) is 6.07 Å². The number of piperidine rings is 1. The molecule has 1 aromatic heterocycles. The monoisotopic (exact) mass is 345 g/mol. The highest BCUT2D eigenvalue weighted by molar-refractivity contribution is 5.92. The Hall–Kier alpha value is -2.21. The van der Waals surface area contributed by atoms with E-state index in [1.54, 1.807) is 13.2 Å². The summed E-state index contributed by atoms with van der Waals surface area (Å²) in [5.74, 6) is -0.157. The molecule has 0 bridgehead atoms. The van der Waals surface area contributed by atoms with Crippen LogP contribution in [0.4, 0.5) is 10.1 Å². The van der Waals surface area contributed by atoms with Crippen LogP contribution in [0.5, 0.6) is 0 Å². The van der Waals surface area contributed by atoms with Gasteiger partial charge in [0.1, 0.15) is 11.3 Å². The van der Waals surface area contributed by atoms with Gasteiger partial charge in [-0.3, -0.25) is 4.79 Å². The number of amides is 1. The van der Waals surface area contributed by atoms with Gasteiger partial charge in [0.15, 0.2) is 0 Å². The second-order valence-electron chi connectivity index (χ2n) is 6.49. The quantitative estimate of drug-likeness (QED) is 0.905. The largest absolute Gasteiger partial charge is 0.384 e. The van der Waals surface area contributed by atoms with Crippen LogP contribution in [0.3, 0.4) is 0 Å². The number of likely N-dealkylation sites (tertiary alicyclic amines) is 1. The first-order valence-electron chi connectivity index (χ1n) is 8.67. The first kappa shape index (κ1) is 17.6. The number of fused-ring (bicyclic) bond motifs is 1. The number of halogens is 1. The first-order chi connectivity index (χ1) is 12.1. The number of aryl methyl sites for hydroxylation is 1. The fourth-order valence-corrected chi connectivity index (χ4v) is 3.30. The molecule has 0 saturated carbocycles. The van der Waals surface area contributed by atoms with Crippen molar-refractivity contribution in [3.63, 3.8) is 0 Å². The molecule has 5 nitrogen and oxygen atoms in total. The minimum Gasteiger partial charge on any atom is -0.384 e. The van der Waals surface area contributed by atoms with Crippen LogP contribution < -0.4 is 5.32 Å². The van der Waals surface area contributed by atoms with Crippen molar-refractivity contribution in [3.05, 3.63) is 35.8 Å². The molecule has 0 aliphatic carbocycles. The summed E-state index contributed by atoms with van der Waals surface area (Å²) in [5, 5.41) is 4.32. The molecule has 25 heavy (non-hydrogen) atoms. The van der Waals surface area contributed by atoms with Gasteiger partial charge in [-0.05, 0) is 31.9 Å². The third-order valence-electron chi connectivity index (χ3n) is 4.65. The average molecular weight is 345 g/mol. The van der Waals surface area contributed by atoms with Crippen LogP contribution in [-0.2, 0) is 9.53 Å². The van der Waals surface area contributed by atoms with Crippen molar-refractivity contribution in [2.24, 2.45) is 0 Å². The number of ether oxygens (including phenoxy) is 1. The normalized spacial score (nSPS) is 15.6. The van der Waals surface area contributed by atoms with Crippen LogP contribution in [0.15, 0.2) is 24.3 Å². The summed E-state index contributed by atoms with van der Waals surface area (Å²) < 4.78 is 19.0. The molecule has 6 heteroatoms. The van der Waals surface area contributed by atoms with Crippen molar-refractivity contribution in [1.82, 2.24) is 9.88 Å². The maximum atomic E-state index is 14.0. The number of pyridine rings is 1. The maximum absolute atomic E-state index is 14.0. The van der Waals surface area contributed by atoms with E-state index in [0.717, 1.165) is 42.7 Å². The number of aromatic nitrogens is 1. The Labute approximate surface area is 147 Å². The number of carbonyl (C=O) groups is 1. The van der Waals surface area contributed by atoms with Crippen LogP contribution in [0.25, 0.3) is 10.9 Å². The fourth-order valence-electron chi connectivity index (χ4n) is 3.30. The van der Waals surface area contributed by atoms with Gasteiger partial charge < -0.3 is 15.0 Å². The standard InChI is InChI=1S/C19H24FN3O2/c1-13-12-17(15-4-3-5-16(20)19(15)21-13)22-14-6-9-23(10-7-14)18(24)8-11-25-2/h3-5,12,14H,6-11H2,1-2H3,(H,21,22). The minimum absolute atomic E-state index is 0.146. The van der Waals surface area contributed by atoms with Gasteiger partial charge in [0.25, 0.3) is 0 Å². The van der Waals surface area contributed by atoms with Gasteiger partial charge in [-0.2, -0.15) is 0 Å². The summed E-state index contributed by atoms with van der Waals surface area (Å²) in [6, 6.07) is 7.24. The van der Waals surface area contributed by atoms with E-state index < -0.39 is 0 Å². The van der Waals surface area contributed by atoms with Gasteiger partial charge >= 0.3 is 0 Å². The number of benzene rings is 1. The predicted octanol–water partition coefficient (Wildman–Crippen LogP) is 3.12. The Bertz CT molecular complexity index is 758. The zero-order valence-corrected chi connectivity index (χ0v) is 14.7. The molecule has 0 unspecified atom stereocenters. The second-order valence-corrected chi connectivity index (χ2v) is 6.49. The number of nitrogens with zero attached hydrogens (tertiary/aromatic N) is 2. The summed E-state index contributed by atoms with van der Waals surface area (Å²) >= 11 is 0. The summed E-state index contributed by atoms with van der Waals surface area (Å²) in [6.07, 6.45) is 2.18. The van der Waals surface area contributed by atoms with Gasteiger partial charge in [-0.25, -0.2) is 9.37 Å². The number of hydrogen-bond donors (Lipinski definition) is 1. The second kappa shape index (κ2) is 7.78. The van der Waals surface area contributed by atoms with Crippen molar-refractivity contribution >= 4 is 22.5 Å². The summed E-state index contributed by atoms with van der Waals surface area (Å²) in [6.45, 7) is 3.80. The third kappa shape index (κ3) is 4.07. The summed E-state index contributed by atoms with van der Waals surface area (Å²) in [7, 11) is 1.60. The van der Waals surface area contributed by atoms with E-state index in [1.807, 2.05) is 24.0 Å². The Morgan fingerprint density at radius 3 is 2.88 bits per heavy atom. The zero-order chi connectivity index (χ0) is 17.8. The molecule has 1 N–H and O–H groups in total. The number of hydrogen-bond acceptors (Lipinski definition) is 4. The molecular weight excluding hydrogens is 321 g/mol. The van der Waals surface area contributed by atoms with Gasteiger partial charge in [0, 0.05) is 43.0 Å². The highest BCUT2D eigenvalue weighted by atomic mass is 19.1. The van der Waals surface area contributed by atoms with Crippen molar-refractivity contribution < 1.29 is 13.9 Å². The molecule has 1 aliphatic heterocycles. The van der Waals surface area contributed by atoms with E-state index in [9.17, 15) is 9.18 Å². The zero-order valence-electron chi connectivity index (χ0n) is 14.7. The molecule has 1 saturated heterocycles. The number of carbonyl (C=O) groups excluding carboxylic acids is 1. The Balaban J connectivity index is 1.68. The van der Waals surface area contributed by atoms with Crippen molar-refractivity contribution in [3.8, 4) is 0 Å². The van der Waals surface area contributed by atoms with Crippen LogP contribution in [0.2, 0.25) is 0 Å². The molecule has 1 fully saturated rings. The SMILES string of the molecule is COCCC(=O)N1CCC(Nc2cc(C)nc3c(F)cccc23)CC1. The Kier molecular flexibility index (Phi) is 5.48.